The van der Waals surface area contributed by atoms with Crippen molar-refractivity contribution < 1.29 is 9.59 Å². The minimum absolute atomic E-state index is 0.0229. The van der Waals surface area contributed by atoms with Crippen LogP contribution in [-0.2, 0) is 11.2 Å². The van der Waals surface area contributed by atoms with E-state index >= 15 is 0 Å². The highest BCUT2D eigenvalue weighted by Crippen LogP contribution is 2.24. The van der Waals surface area contributed by atoms with Crippen LogP contribution in [0.3, 0.4) is 0 Å². The molecule has 1 aliphatic heterocycles. The quantitative estimate of drug-likeness (QED) is 0.685. The summed E-state index contributed by atoms with van der Waals surface area (Å²) in [7, 11) is 0. The molecule has 138 valence electrons. The fourth-order valence-electron chi connectivity index (χ4n) is 3.53. The van der Waals surface area contributed by atoms with E-state index in [9.17, 15) is 9.59 Å². The van der Waals surface area contributed by atoms with E-state index in [2.05, 4.69) is 28.5 Å². The van der Waals surface area contributed by atoms with Crippen molar-refractivity contribution >= 4 is 34.0 Å². The molecule has 0 unspecified atom stereocenters. The van der Waals surface area contributed by atoms with Gasteiger partial charge in [0.25, 0.3) is 5.91 Å². The van der Waals surface area contributed by atoms with Gasteiger partial charge < -0.3 is 5.32 Å². The van der Waals surface area contributed by atoms with Crippen molar-refractivity contribution in [2.75, 3.05) is 6.54 Å². The number of aryl methyl sites for hydroxylation is 1. The predicted molar refractivity (Wildman–Crippen MR) is 107 cm³/mol. The Kier molecular flexibility index (Phi) is 4.66. The van der Waals surface area contributed by atoms with Gasteiger partial charge in [0.1, 0.15) is 6.04 Å². The largest absolute Gasteiger partial charge is 0.325 e. The molecule has 2 heterocycles. The number of hydrogen-bond donors (Lipinski definition) is 1. The van der Waals surface area contributed by atoms with E-state index in [0.717, 1.165) is 27.0 Å². The number of rotatable bonds is 5. The Hall–Kier alpha value is -2.73. The fourth-order valence-corrected chi connectivity index (χ4v) is 4.38. The van der Waals surface area contributed by atoms with Crippen LogP contribution in [0.15, 0.2) is 47.8 Å². The number of nitrogens with zero attached hydrogens (tertiary/aromatic N) is 2. The highest BCUT2D eigenvalue weighted by atomic mass is 32.1. The lowest BCUT2D eigenvalue weighted by Crippen LogP contribution is -2.35. The summed E-state index contributed by atoms with van der Waals surface area (Å²) in [4.78, 5) is 31.1. The number of hydrogen-bond acceptors (Lipinski definition) is 4. The summed E-state index contributed by atoms with van der Waals surface area (Å²) in [5.74, 6) is -0.136. The third-order valence-electron chi connectivity index (χ3n) is 4.93. The number of thiazole rings is 1. The maximum absolute atomic E-state index is 12.9. The molecule has 0 saturated carbocycles. The average Bonchev–Trinajstić information content (AvgIpc) is 3.21. The van der Waals surface area contributed by atoms with Crippen molar-refractivity contribution in [1.82, 2.24) is 15.2 Å². The zero-order valence-corrected chi connectivity index (χ0v) is 16.1. The van der Waals surface area contributed by atoms with Crippen molar-refractivity contribution in [1.29, 1.82) is 0 Å². The van der Waals surface area contributed by atoms with Crippen LogP contribution in [0.2, 0.25) is 0 Å². The molecule has 0 radical (unpaired) electrons. The number of amides is 3. The van der Waals surface area contributed by atoms with Gasteiger partial charge in [0, 0.05) is 30.0 Å². The van der Waals surface area contributed by atoms with Gasteiger partial charge in [0.2, 0.25) is 0 Å². The predicted octanol–water partition coefficient (Wildman–Crippen LogP) is 3.87. The summed E-state index contributed by atoms with van der Waals surface area (Å²) in [6.45, 7) is 4.29. The van der Waals surface area contributed by atoms with Gasteiger partial charge in [-0.3, -0.25) is 9.69 Å². The van der Waals surface area contributed by atoms with E-state index in [-0.39, 0.29) is 17.9 Å². The van der Waals surface area contributed by atoms with Crippen LogP contribution >= 0.6 is 11.3 Å². The second kappa shape index (κ2) is 7.12. The van der Waals surface area contributed by atoms with Gasteiger partial charge in [0.15, 0.2) is 0 Å². The minimum atomic E-state index is -0.520. The first-order chi connectivity index (χ1) is 13.0. The lowest BCUT2D eigenvalue weighted by molar-refractivity contribution is -0.127. The molecule has 1 N–H and O–H groups in total. The molecule has 27 heavy (non-hydrogen) atoms. The minimum Gasteiger partial charge on any atom is -0.325 e. The third-order valence-corrected chi connectivity index (χ3v) is 6.12. The number of aromatic nitrogens is 1. The van der Waals surface area contributed by atoms with Crippen molar-refractivity contribution in [3.63, 3.8) is 0 Å². The van der Waals surface area contributed by atoms with E-state index in [4.69, 9.17) is 0 Å². The second-order valence-electron chi connectivity index (χ2n) is 7.02. The maximum Gasteiger partial charge on any atom is 0.324 e. The fraction of sp³-hybridized carbons (Fsp3) is 0.286. The van der Waals surface area contributed by atoms with Crippen molar-refractivity contribution in [2.24, 2.45) is 0 Å². The summed E-state index contributed by atoms with van der Waals surface area (Å²) in [5.41, 5.74) is 2.03. The molecule has 2 aromatic carbocycles. The molecule has 1 aliphatic rings. The van der Waals surface area contributed by atoms with Gasteiger partial charge in [-0.1, -0.05) is 49.4 Å². The number of carbonyl (C=O) groups is 2. The van der Waals surface area contributed by atoms with E-state index in [1.807, 2.05) is 43.5 Å². The zero-order chi connectivity index (χ0) is 19.0. The smallest absolute Gasteiger partial charge is 0.324 e. The van der Waals surface area contributed by atoms with Gasteiger partial charge in [-0.25, -0.2) is 9.78 Å². The molecule has 2 atom stereocenters. The van der Waals surface area contributed by atoms with Crippen LogP contribution in [0.5, 0.6) is 0 Å². The molecule has 0 spiro atoms. The summed E-state index contributed by atoms with van der Waals surface area (Å²) in [6, 6.07) is 13.3. The molecular weight excluding hydrogens is 358 g/mol. The lowest BCUT2D eigenvalue weighted by atomic mass is 9.99. The Morgan fingerprint density at radius 2 is 1.96 bits per heavy atom. The summed E-state index contributed by atoms with van der Waals surface area (Å²) < 4.78 is 0. The molecule has 3 amide bonds. The molecule has 6 heteroatoms. The SMILES string of the molecule is Cc1csc([C@@H](C)CN2C(=O)N[C@@H](Cc3cccc4ccccc34)C2=O)n1. The summed E-state index contributed by atoms with van der Waals surface area (Å²) in [6.07, 6.45) is 0.493. The van der Waals surface area contributed by atoms with Gasteiger partial charge >= 0.3 is 6.03 Å². The van der Waals surface area contributed by atoms with Crippen LogP contribution in [0.4, 0.5) is 4.79 Å². The van der Waals surface area contributed by atoms with E-state index in [0.29, 0.717) is 13.0 Å². The third kappa shape index (κ3) is 3.45. The first kappa shape index (κ1) is 17.7. The van der Waals surface area contributed by atoms with Crippen LogP contribution in [-0.4, -0.2) is 34.4 Å². The molecule has 0 aliphatic carbocycles. The van der Waals surface area contributed by atoms with E-state index in [1.165, 1.54) is 4.90 Å². The Bertz CT molecular complexity index is 1010. The first-order valence-corrected chi connectivity index (χ1v) is 9.91. The van der Waals surface area contributed by atoms with Crippen LogP contribution in [0.25, 0.3) is 10.8 Å². The number of urea groups is 1. The normalized spacial score (nSPS) is 18.1. The lowest BCUT2D eigenvalue weighted by Gasteiger charge is -2.17. The van der Waals surface area contributed by atoms with Crippen LogP contribution in [0, 0.1) is 6.92 Å². The average molecular weight is 379 g/mol. The molecule has 5 nitrogen and oxygen atoms in total. The highest BCUT2D eigenvalue weighted by molar-refractivity contribution is 7.09. The zero-order valence-electron chi connectivity index (χ0n) is 15.3. The molecule has 4 rings (SSSR count). The monoisotopic (exact) mass is 379 g/mol. The van der Waals surface area contributed by atoms with Crippen LogP contribution < -0.4 is 5.32 Å². The van der Waals surface area contributed by atoms with E-state index < -0.39 is 6.04 Å². The number of carbonyl (C=O) groups excluding carboxylic acids is 2. The topological polar surface area (TPSA) is 62.3 Å². The molecule has 3 aromatic rings. The van der Waals surface area contributed by atoms with Gasteiger partial charge in [-0.2, -0.15) is 0 Å². The second-order valence-corrected chi connectivity index (χ2v) is 7.91. The Labute approximate surface area is 162 Å². The molecule has 1 fully saturated rings. The van der Waals surface area contributed by atoms with Crippen molar-refractivity contribution in [3.8, 4) is 0 Å². The Balaban J connectivity index is 1.51. The number of nitrogens with one attached hydrogen (secondary N) is 1. The van der Waals surface area contributed by atoms with Gasteiger partial charge in [-0.05, 0) is 23.3 Å². The molecule has 0 bridgehead atoms. The number of imide groups is 1. The van der Waals surface area contributed by atoms with Gasteiger partial charge in [0.05, 0.1) is 5.01 Å². The maximum atomic E-state index is 12.9. The molecule has 1 aromatic heterocycles. The van der Waals surface area contributed by atoms with Crippen molar-refractivity contribution in [3.05, 3.63) is 64.1 Å². The molecular formula is C21H21N3O2S. The van der Waals surface area contributed by atoms with Crippen molar-refractivity contribution in [2.45, 2.75) is 32.2 Å². The Morgan fingerprint density at radius 3 is 2.74 bits per heavy atom. The Morgan fingerprint density at radius 1 is 1.19 bits per heavy atom. The van der Waals surface area contributed by atoms with Gasteiger partial charge in [-0.15, -0.1) is 11.3 Å². The first-order valence-electron chi connectivity index (χ1n) is 9.03. The summed E-state index contributed by atoms with van der Waals surface area (Å²) in [5, 5.41) is 8.04. The number of benzene rings is 2. The standard InChI is InChI=1S/C21H21N3O2S/c1-13(19-22-14(2)12-27-19)11-24-20(25)18(23-21(24)26)10-16-8-5-7-15-6-3-4-9-17(15)16/h3-9,12-13,18H,10-11H2,1-2H3,(H,23,26)/t13-,18-/m0/s1. The molecule has 1 saturated heterocycles. The highest BCUT2D eigenvalue weighted by Gasteiger charge is 2.39. The number of fused-ring (bicyclic) bond motifs is 1. The van der Waals surface area contributed by atoms with Crippen LogP contribution in [0.1, 0.15) is 29.1 Å². The summed E-state index contributed by atoms with van der Waals surface area (Å²) >= 11 is 1.57. The van der Waals surface area contributed by atoms with E-state index in [1.54, 1.807) is 11.3 Å².